The average molecular weight is 288 g/mol. The molecule has 4 rings (SSSR count). The number of rotatable bonds is 1. The molecule has 2 fully saturated rings. The molecule has 5 atom stereocenters. The van der Waals surface area contributed by atoms with Gasteiger partial charge in [0, 0.05) is 22.5 Å². The van der Waals surface area contributed by atoms with Crippen molar-refractivity contribution in [1.82, 2.24) is 0 Å². The van der Waals surface area contributed by atoms with Crippen LogP contribution >= 0.6 is 0 Å². The number of hydrogen-bond donors (Lipinski definition) is 1. The molecule has 5 heteroatoms. The van der Waals surface area contributed by atoms with E-state index in [-0.39, 0.29) is 11.3 Å². The molecule has 1 aliphatic heterocycles. The number of esters is 1. The van der Waals surface area contributed by atoms with Crippen molar-refractivity contribution in [3.63, 3.8) is 0 Å². The Bertz CT molecular complexity index is 670. The SMILES string of the molecule is C=C1[C@H]2C[C@H]2[C@]2(C)C=C3OC(=O)C(C)=C3[C@H](OC(=O)O)[C@@H]12. The summed E-state index contributed by atoms with van der Waals surface area (Å²) in [5.41, 5.74) is 1.81. The highest BCUT2D eigenvalue weighted by atomic mass is 16.7. The van der Waals surface area contributed by atoms with E-state index in [4.69, 9.17) is 14.6 Å². The minimum atomic E-state index is -1.34. The molecule has 5 nitrogen and oxygen atoms in total. The third-order valence-corrected chi connectivity index (χ3v) is 5.57. The van der Waals surface area contributed by atoms with Crippen LogP contribution in [-0.4, -0.2) is 23.3 Å². The molecule has 0 bridgehead atoms. The first kappa shape index (κ1) is 12.7. The molecule has 4 aliphatic rings. The smallest absolute Gasteiger partial charge is 0.450 e. The molecular formula is C16H16O5. The Morgan fingerprint density at radius 2 is 2.29 bits per heavy atom. The van der Waals surface area contributed by atoms with Gasteiger partial charge in [-0.05, 0) is 31.3 Å². The van der Waals surface area contributed by atoms with Gasteiger partial charge in [0.2, 0.25) is 0 Å². The van der Waals surface area contributed by atoms with Gasteiger partial charge in [-0.3, -0.25) is 0 Å². The summed E-state index contributed by atoms with van der Waals surface area (Å²) in [6.45, 7) is 7.91. The first-order valence-corrected chi connectivity index (χ1v) is 7.09. The lowest BCUT2D eigenvalue weighted by atomic mass is 9.66. The van der Waals surface area contributed by atoms with Crippen LogP contribution in [0.3, 0.4) is 0 Å². The number of hydrogen-bond acceptors (Lipinski definition) is 4. The Hall–Kier alpha value is -2.04. The number of carboxylic acid groups (broad SMARTS) is 1. The average Bonchev–Trinajstić information content (AvgIpc) is 3.08. The van der Waals surface area contributed by atoms with Crippen molar-refractivity contribution in [2.45, 2.75) is 26.4 Å². The van der Waals surface area contributed by atoms with E-state index in [1.54, 1.807) is 6.92 Å². The predicted molar refractivity (Wildman–Crippen MR) is 72.1 cm³/mol. The van der Waals surface area contributed by atoms with Crippen LogP contribution < -0.4 is 0 Å². The van der Waals surface area contributed by atoms with Crippen LogP contribution in [0, 0.1) is 23.2 Å². The number of carbonyl (C=O) groups excluding carboxylic acids is 1. The third-order valence-electron chi connectivity index (χ3n) is 5.57. The molecule has 1 N–H and O–H groups in total. The lowest BCUT2D eigenvalue weighted by Crippen LogP contribution is -2.42. The lowest BCUT2D eigenvalue weighted by molar-refractivity contribution is -0.133. The predicted octanol–water partition coefficient (Wildman–Crippen LogP) is 2.65. The Morgan fingerprint density at radius 3 is 2.95 bits per heavy atom. The third kappa shape index (κ3) is 1.41. The first-order chi connectivity index (χ1) is 9.84. The van der Waals surface area contributed by atoms with Gasteiger partial charge in [-0.15, -0.1) is 0 Å². The molecule has 21 heavy (non-hydrogen) atoms. The van der Waals surface area contributed by atoms with Gasteiger partial charge in [-0.25, -0.2) is 9.59 Å². The Labute approximate surface area is 121 Å². The highest BCUT2D eigenvalue weighted by molar-refractivity contribution is 5.94. The molecule has 0 radical (unpaired) electrons. The number of allylic oxidation sites excluding steroid dienone is 1. The number of carbonyl (C=O) groups is 2. The zero-order chi connectivity index (χ0) is 15.1. The van der Waals surface area contributed by atoms with Gasteiger partial charge in [-0.1, -0.05) is 19.1 Å². The standard InChI is InChI=1S/C16H16O5/c1-6-8-4-9(8)16(3)5-10-11(7(2)14(17)20-10)13(12(6)16)21-15(18)19/h5,8-9,12-13H,1,4H2,2-3H3,(H,18,19)/t8-,9-,12-,13+,16+/m1/s1. The molecule has 110 valence electrons. The maximum absolute atomic E-state index is 11.8. The summed E-state index contributed by atoms with van der Waals surface area (Å²) in [7, 11) is 0. The summed E-state index contributed by atoms with van der Waals surface area (Å²) in [5, 5.41) is 9.09. The van der Waals surface area contributed by atoms with Crippen molar-refractivity contribution >= 4 is 12.1 Å². The topological polar surface area (TPSA) is 72.8 Å². The van der Waals surface area contributed by atoms with Gasteiger partial charge in [-0.2, -0.15) is 0 Å². The molecule has 0 amide bonds. The van der Waals surface area contributed by atoms with Crippen molar-refractivity contribution in [2.75, 3.05) is 0 Å². The van der Waals surface area contributed by atoms with Crippen molar-refractivity contribution in [3.8, 4) is 0 Å². The zero-order valence-electron chi connectivity index (χ0n) is 11.9. The molecule has 1 heterocycles. The highest BCUT2D eigenvalue weighted by Gasteiger charge is 2.67. The van der Waals surface area contributed by atoms with E-state index in [1.807, 2.05) is 6.08 Å². The van der Waals surface area contributed by atoms with E-state index >= 15 is 0 Å². The summed E-state index contributed by atoms with van der Waals surface area (Å²) in [4.78, 5) is 22.9. The molecule has 0 aromatic heterocycles. The molecule has 0 unspecified atom stereocenters. The van der Waals surface area contributed by atoms with Crippen LogP contribution in [0.1, 0.15) is 20.3 Å². The van der Waals surface area contributed by atoms with Gasteiger partial charge in [0.05, 0.1) is 0 Å². The van der Waals surface area contributed by atoms with Crippen LogP contribution in [0.5, 0.6) is 0 Å². The van der Waals surface area contributed by atoms with E-state index in [0.29, 0.717) is 28.7 Å². The van der Waals surface area contributed by atoms with E-state index in [2.05, 4.69) is 13.5 Å². The maximum Gasteiger partial charge on any atom is 0.506 e. The van der Waals surface area contributed by atoms with Crippen LogP contribution in [0.4, 0.5) is 4.79 Å². The number of ether oxygens (including phenoxy) is 2. The van der Waals surface area contributed by atoms with Gasteiger partial charge in [0.1, 0.15) is 11.9 Å². The monoisotopic (exact) mass is 288 g/mol. The first-order valence-electron chi connectivity index (χ1n) is 7.09. The highest BCUT2D eigenvalue weighted by Crippen LogP contribution is 2.71. The molecule has 0 spiro atoms. The van der Waals surface area contributed by atoms with Gasteiger partial charge in [0.25, 0.3) is 0 Å². The summed E-state index contributed by atoms with van der Waals surface area (Å²) in [5.74, 6) is 0.830. The minimum absolute atomic E-state index is 0.111. The van der Waals surface area contributed by atoms with Crippen molar-refractivity contribution < 1.29 is 24.2 Å². The molecular weight excluding hydrogens is 272 g/mol. The van der Waals surface area contributed by atoms with Gasteiger partial charge in [0.15, 0.2) is 0 Å². The fourth-order valence-corrected chi connectivity index (χ4v) is 4.54. The van der Waals surface area contributed by atoms with Crippen LogP contribution in [0.25, 0.3) is 0 Å². The van der Waals surface area contributed by atoms with Crippen molar-refractivity contribution in [3.05, 3.63) is 35.1 Å². The molecule has 0 aromatic rings. The molecule has 0 saturated heterocycles. The van der Waals surface area contributed by atoms with Crippen molar-refractivity contribution in [2.24, 2.45) is 23.2 Å². The lowest BCUT2D eigenvalue weighted by Gasteiger charge is -2.41. The Kier molecular flexibility index (Phi) is 2.17. The Morgan fingerprint density at radius 1 is 1.57 bits per heavy atom. The summed E-state index contributed by atoms with van der Waals surface area (Å²) in [6.07, 6.45) is 1.03. The van der Waals surface area contributed by atoms with Crippen LogP contribution in [-0.2, 0) is 14.3 Å². The normalized spacial score (nSPS) is 42.9. The van der Waals surface area contributed by atoms with Crippen LogP contribution in [0.15, 0.2) is 35.1 Å². The van der Waals surface area contributed by atoms with Crippen LogP contribution in [0.2, 0.25) is 0 Å². The largest absolute Gasteiger partial charge is 0.506 e. The molecule has 0 aromatic carbocycles. The minimum Gasteiger partial charge on any atom is -0.450 e. The molecule has 3 aliphatic carbocycles. The zero-order valence-corrected chi connectivity index (χ0v) is 11.9. The fourth-order valence-electron chi connectivity index (χ4n) is 4.54. The summed E-state index contributed by atoms with van der Waals surface area (Å²) >= 11 is 0. The van der Waals surface area contributed by atoms with Crippen molar-refractivity contribution in [1.29, 1.82) is 0 Å². The number of fused-ring (bicyclic) bond motifs is 4. The summed E-state index contributed by atoms with van der Waals surface area (Å²) < 4.78 is 10.5. The van der Waals surface area contributed by atoms with E-state index in [1.165, 1.54) is 0 Å². The summed E-state index contributed by atoms with van der Waals surface area (Å²) in [6, 6.07) is 0. The second-order valence-corrected chi connectivity index (χ2v) is 6.61. The quantitative estimate of drug-likeness (QED) is 0.593. The molecule has 2 saturated carbocycles. The van der Waals surface area contributed by atoms with E-state index < -0.39 is 18.2 Å². The second-order valence-electron chi connectivity index (χ2n) is 6.61. The van der Waals surface area contributed by atoms with Gasteiger partial charge >= 0.3 is 12.1 Å². The fraction of sp³-hybridized carbons (Fsp3) is 0.500. The van der Waals surface area contributed by atoms with E-state index in [0.717, 1.165) is 12.0 Å². The van der Waals surface area contributed by atoms with Gasteiger partial charge < -0.3 is 14.6 Å². The maximum atomic E-state index is 11.8. The Balaban J connectivity index is 1.90. The van der Waals surface area contributed by atoms with E-state index in [9.17, 15) is 9.59 Å². The second kappa shape index (κ2) is 3.59.